The molecule has 1 aliphatic heterocycles. The first-order valence-corrected chi connectivity index (χ1v) is 5.50. The van der Waals surface area contributed by atoms with E-state index < -0.39 is 0 Å². The Morgan fingerprint density at radius 2 is 2.20 bits per heavy atom. The standard InChI is InChI=1S/C13H19NO/c1-13(2)9-14-12-10(7-8-15-3)5-4-6-11(12)13/h4-6,14H,7-9H2,1-3H3. The van der Waals surface area contributed by atoms with Crippen LogP contribution in [0.15, 0.2) is 18.2 Å². The molecule has 0 spiro atoms. The Hall–Kier alpha value is -1.02. The second-order valence-corrected chi connectivity index (χ2v) is 4.82. The lowest BCUT2D eigenvalue weighted by Crippen LogP contribution is -2.18. The van der Waals surface area contributed by atoms with Crippen LogP contribution in [0.4, 0.5) is 5.69 Å². The number of methoxy groups -OCH3 is 1. The van der Waals surface area contributed by atoms with Gasteiger partial charge in [0.2, 0.25) is 0 Å². The number of ether oxygens (including phenoxy) is 1. The van der Waals surface area contributed by atoms with Crippen LogP contribution in [0, 0.1) is 0 Å². The summed E-state index contributed by atoms with van der Waals surface area (Å²) in [5.41, 5.74) is 4.41. The van der Waals surface area contributed by atoms with Crippen molar-refractivity contribution in [2.24, 2.45) is 0 Å². The number of hydrogen-bond donors (Lipinski definition) is 1. The van der Waals surface area contributed by atoms with E-state index in [-0.39, 0.29) is 5.41 Å². The average Bonchev–Trinajstić information content (AvgIpc) is 2.53. The number of anilines is 1. The third-order valence-corrected chi connectivity index (χ3v) is 3.16. The zero-order valence-corrected chi connectivity index (χ0v) is 9.76. The zero-order chi connectivity index (χ0) is 10.9. The topological polar surface area (TPSA) is 21.3 Å². The molecule has 0 fully saturated rings. The van der Waals surface area contributed by atoms with Crippen LogP contribution in [0.3, 0.4) is 0 Å². The quantitative estimate of drug-likeness (QED) is 0.819. The first kappa shape index (κ1) is 10.5. The van der Waals surface area contributed by atoms with Crippen molar-refractivity contribution in [2.75, 3.05) is 25.6 Å². The maximum Gasteiger partial charge on any atom is 0.0503 e. The van der Waals surface area contributed by atoms with Crippen molar-refractivity contribution in [1.82, 2.24) is 0 Å². The van der Waals surface area contributed by atoms with E-state index in [9.17, 15) is 0 Å². The molecule has 1 N–H and O–H groups in total. The van der Waals surface area contributed by atoms with Crippen molar-refractivity contribution in [3.63, 3.8) is 0 Å². The summed E-state index contributed by atoms with van der Waals surface area (Å²) in [6.07, 6.45) is 0.989. The lowest BCUT2D eigenvalue weighted by Gasteiger charge is -2.17. The maximum absolute atomic E-state index is 5.13. The lowest BCUT2D eigenvalue weighted by atomic mass is 9.86. The Morgan fingerprint density at radius 3 is 2.93 bits per heavy atom. The van der Waals surface area contributed by atoms with E-state index in [2.05, 4.69) is 37.4 Å². The molecule has 0 saturated carbocycles. The molecule has 1 aromatic carbocycles. The minimum atomic E-state index is 0.262. The smallest absolute Gasteiger partial charge is 0.0503 e. The third-order valence-electron chi connectivity index (χ3n) is 3.16. The lowest BCUT2D eigenvalue weighted by molar-refractivity contribution is 0.202. The molecule has 0 bridgehead atoms. The number of hydrogen-bond acceptors (Lipinski definition) is 2. The van der Waals surface area contributed by atoms with Crippen molar-refractivity contribution in [2.45, 2.75) is 25.7 Å². The Labute approximate surface area is 91.6 Å². The molecule has 0 aromatic heterocycles. The molecule has 1 aromatic rings. The molecule has 0 saturated heterocycles. The van der Waals surface area contributed by atoms with E-state index in [1.54, 1.807) is 7.11 Å². The predicted molar refractivity (Wildman–Crippen MR) is 63.5 cm³/mol. The Balaban J connectivity index is 2.32. The number of benzene rings is 1. The summed E-state index contributed by atoms with van der Waals surface area (Å²) >= 11 is 0. The fourth-order valence-corrected chi connectivity index (χ4v) is 2.20. The molecule has 1 aliphatic rings. The van der Waals surface area contributed by atoms with Gasteiger partial charge in [-0.05, 0) is 17.5 Å². The second kappa shape index (κ2) is 3.86. The minimum Gasteiger partial charge on any atom is -0.384 e. The minimum absolute atomic E-state index is 0.262. The van der Waals surface area contributed by atoms with Crippen molar-refractivity contribution >= 4 is 5.69 Å². The highest BCUT2D eigenvalue weighted by Gasteiger charge is 2.30. The van der Waals surface area contributed by atoms with Gasteiger partial charge >= 0.3 is 0 Å². The maximum atomic E-state index is 5.13. The molecule has 2 nitrogen and oxygen atoms in total. The van der Waals surface area contributed by atoms with Gasteiger partial charge in [0.25, 0.3) is 0 Å². The van der Waals surface area contributed by atoms with Crippen LogP contribution < -0.4 is 5.32 Å². The van der Waals surface area contributed by atoms with Gasteiger partial charge in [-0.25, -0.2) is 0 Å². The normalized spacial score (nSPS) is 17.3. The van der Waals surface area contributed by atoms with Gasteiger partial charge in [0.1, 0.15) is 0 Å². The van der Waals surface area contributed by atoms with Crippen LogP contribution >= 0.6 is 0 Å². The van der Waals surface area contributed by atoms with Gasteiger partial charge in [0.05, 0.1) is 6.61 Å². The Bertz CT molecular complexity index is 358. The van der Waals surface area contributed by atoms with E-state index in [0.717, 1.165) is 19.6 Å². The molecule has 0 atom stereocenters. The summed E-state index contributed by atoms with van der Waals surface area (Å²) in [5.74, 6) is 0. The van der Waals surface area contributed by atoms with Crippen molar-refractivity contribution < 1.29 is 4.74 Å². The molecule has 82 valence electrons. The molecular weight excluding hydrogens is 186 g/mol. The first-order valence-electron chi connectivity index (χ1n) is 5.50. The van der Waals surface area contributed by atoms with Gasteiger partial charge < -0.3 is 10.1 Å². The van der Waals surface area contributed by atoms with Gasteiger partial charge in [-0.3, -0.25) is 0 Å². The fraction of sp³-hybridized carbons (Fsp3) is 0.538. The van der Waals surface area contributed by atoms with Crippen molar-refractivity contribution in [3.8, 4) is 0 Å². The molecule has 0 unspecified atom stereocenters. The van der Waals surface area contributed by atoms with Crippen LogP contribution in [0.25, 0.3) is 0 Å². The molecule has 0 aliphatic carbocycles. The van der Waals surface area contributed by atoms with Crippen LogP contribution in [0.2, 0.25) is 0 Å². The molecular formula is C13H19NO. The fourth-order valence-electron chi connectivity index (χ4n) is 2.20. The first-order chi connectivity index (χ1) is 7.15. The summed E-state index contributed by atoms with van der Waals surface area (Å²) in [4.78, 5) is 0. The Kier molecular flexibility index (Phi) is 2.70. The Morgan fingerprint density at radius 1 is 1.40 bits per heavy atom. The van der Waals surface area contributed by atoms with E-state index in [4.69, 9.17) is 4.74 Å². The van der Waals surface area contributed by atoms with Crippen LogP contribution in [0.1, 0.15) is 25.0 Å². The highest BCUT2D eigenvalue weighted by Crippen LogP contribution is 2.38. The van der Waals surface area contributed by atoms with Crippen LogP contribution in [-0.4, -0.2) is 20.3 Å². The highest BCUT2D eigenvalue weighted by molar-refractivity contribution is 5.64. The van der Waals surface area contributed by atoms with Gasteiger partial charge in [0.15, 0.2) is 0 Å². The monoisotopic (exact) mass is 205 g/mol. The summed E-state index contributed by atoms with van der Waals surface area (Å²) in [6.45, 7) is 6.39. The SMILES string of the molecule is COCCc1cccc2c1NCC2(C)C. The van der Waals surface area contributed by atoms with E-state index in [1.807, 2.05) is 0 Å². The predicted octanol–water partition coefficient (Wildman–Crippen LogP) is 2.58. The molecule has 1 heterocycles. The zero-order valence-electron chi connectivity index (χ0n) is 9.76. The van der Waals surface area contributed by atoms with E-state index in [0.29, 0.717) is 0 Å². The largest absolute Gasteiger partial charge is 0.384 e. The van der Waals surface area contributed by atoms with Crippen molar-refractivity contribution in [3.05, 3.63) is 29.3 Å². The third kappa shape index (κ3) is 1.86. The summed E-state index contributed by atoms with van der Waals surface area (Å²) < 4.78 is 5.13. The number of rotatable bonds is 3. The van der Waals surface area contributed by atoms with Crippen LogP contribution in [0.5, 0.6) is 0 Å². The summed E-state index contributed by atoms with van der Waals surface area (Å²) in [7, 11) is 1.75. The number of fused-ring (bicyclic) bond motifs is 1. The van der Waals surface area contributed by atoms with Crippen molar-refractivity contribution in [1.29, 1.82) is 0 Å². The molecule has 2 heteroatoms. The average molecular weight is 205 g/mol. The van der Waals surface area contributed by atoms with Gasteiger partial charge in [0, 0.05) is 24.8 Å². The van der Waals surface area contributed by atoms with Gasteiger partial charge in [-0.2, -0.15) is 0 Å². The molecule has 0 radical (unpaired) electrons. The number of nitrogens with one attached hydrogen (secondary N) is 1. The summed E-state index contributed by atoms with van der Waals surface area (Å²) in [5, 5.41) is 3.51. The second-order valence-electron chi connectivity index (χ2n) is 4.82. The number of para-hydroxylation sites is 1. The van der Waals surface area contributed by atoms with Gasteiger partial charge in [-0.1, -0.05) is 32.0 Å². The molecule has 2 rings (SSSR count). The van der Waals surface area contributed by atoms with Crippen LogP contribution in [-0.2, 0) is 16.6 Å². The highest BCUT2D eigenvalue weighted by atomic mass is 16.5. The summed E-state index contributed by atoms with van der Waals surface area (Å²) in [6, 6.07) is 6.57. The molecule has 15 heavy (non-hydrogen) atoms. The van der Waals surface area contributed by atoms with Gasteiger partial charge in [-0.15, -0.1) is 0 Å². The van der Waals surface area contributed by atoms with E-state index >= 15 is 0 Å². The van der Waals surface area contributed by atoms with E-state index in [1.165, 1.54) is 16.8 Å². The molecule has 0 amide bonds.